The van der Waals surface area contributed by atoms with Crippen LogP contribution in [0.2, 0.25) is 0 Å². The molecular weight excluding hydrogens is 412 g/mol. The van der Waals surface area contributed by atoms with Gasteiger partial charge in [-0.3, -0.25) is 4.79 Å². The molecule has 10 heteroatoms. The number of rotatable bonds is 4. The van der Waals surface area contributed by atoms with Crippen molar-refractivity contribution in [2.24, 2.45) is 0 Å². The van der Waals surface area contributed by atoms with E-state index in [1.54, 1.807) is 39.8 Å². The monoisotopic (exact) mass is 438 g/mol. The molecule has 0 bridgehead atoms. The van der Waals surface area contributed by atoms with E-state index in [1.807, 2.05) is 6.92 Å². The van der Waals surface area contributed by atoms with E-state index in [1.165, 1.54) is 12.1 Å². The number of aryl methyl sites for hydroxylation is 1. The van der Waals surface area contributed by atoms with Crippen LogP contribution in [0.5, 0.6) is 0 Å². The number of likely N-dealkylation sites (tertiary alicyclic amines) is 1. The number of sulfonamides is 1. The number of nitrogens with zero attached hydrogens (tertiary/aromatic N) is 2. The van der Waals surface area contributed by atoms with Gasteiger partial charge in [-0.05, 0) is 46.8 Å². The van der Waals surface area contributed by atoms with E-state index < -0.39 is 45.2 Å². The van der Waals surface area contributed by atoms with Crippen molar-refractivity contribution in [3.8, 4) is 0 Å². The number of benzene rings is 1. The average molecular weight is 439 g/mol. The van der Waals surface area contributed by atoms with E-state index in [0.29, 0.717) is 4.90 Å². The summed E-state index contributed by atoms with van der Waals surface area (Å²) in [4.78, 5) is 39.1. The zero-order valence-electron chi connectivity index (χ0n) is 17.7. The summed E-state index contributed by atoms with van der Waals surface area (Å²) in [5.41, 5.74) is -1.49. The van der Waals surface area contributed by atoms with Crippen LogP contribution in [0.15, 0.2) is 29.2 Å². The Morgan fingerprint density at radius 1 is 1.20 bits per heavy atom. The molecule has 2 aliphatic rings. The maximum atomic E-state index is 13.2. The number of hydrogen-bond donors (Lipinski definition) is 0. The largest absolute Gasteiger partial charge is 0.464 e. The number of carbonyl (C=O) groups excluding carboxylic acids is 3. The summed E-state index contributed by atoms with van der Waals surface area (Å²) in [5, 5.41) is 0. The highest BCUT2D eigenvalue weighted by Gasteiger charge is 2.72. The molecule has 2 heterocycles. The van der Waals surface area contributed by atoms with Gasteiger partial charge in [0.25, 0.3) is 5.91 Å². The quantitative estimate of drug-likeness (QED) is 0.521. The van der Waals surface area contributed by atoms with Gasteiger partial charge in [-0.25, -0.2) is 22.9 Å². The Morgan fingerprint density at radius 3 is 2.33 bits per heavy atom. The van der Waals surface area contributed by atoms with Crippen LogP contribution in [-0.4, -0.2) is 65.9 Å². The first kappa shape index (κ1) is 22.2. The van der Waals surface area contributed by atoms with Crippen LogP contribution in [-0.2, 0) is 29.1 Å². The summed E-state index contributed by atoms with van der Waals surface area (Å²) in [6.07, 6.45) is -1.17. The van der Waals surface area contributed by atoms with Crippen molar-refractivity contribution in [1.29, 1.82) is 0 Å². The van der Waals surface area contributed by atoms with Crippen LogP contribution in [0.3, 0.4) is 0 Å². The molecule has 1 aromatic carbocycles. The van der Waals surface area contributed by atoms with Gasteiger partial charge < -0.3 is 9.47 Å². The first-order valence-electron chi connectivity index (χ1n) is 9.66. The van der Waals surface area contributed by atoms with Crippen molar-refractivity contribution in [2.75, 3.05) is 13.2 Å². The zero-order valence-corrected chi connectivity index (χ0v) is 18.5. The fourth-order valence-electron chi connectivity index (χ4n) is 3.51. The van der Waals surface area contributed by atoms with Gasteiger partial charge in [0.05, 0.1) is 11.5 Å². The molecule has 0 aromatic heterocycles. The lowest BCUT2D eigenvalue weighted by molar-refractivity contribution is -0.151. The molecule has 1 spiro atoms. The third-order valence-electron chi connectivity index (χ3n) is 5.00. The minimum atomic E-state index is -3.97. The molecule has 2 fully saturated rings. The second kappa shape index (κ2) is 7.35. The van der Waals surface area contributed by atoms with Gasteiger partial charge in [-0.2, -0.15) is 4.31 Å². The molecule has 2 amide bonds. The highest BCUT2D eigenvalue weighted by atomic mass is 32.2. The predicted octanol–water partition coefficient (Wildman–Crippen LogP) is 1.84. The maximum Gasteiger partial charge on any atom is 0.417 e. The molecule has 3 atom stereocenters. The summed E-state index contributed by atoms with van der Waals surface area (Å²) in [6, 6.07) is 5.00. The van der Waals surface area contributed by atoms with E-state index in [0.717, 1.165) is 9.87 Å². The number of amides is 2. The molecule has 0 saturated carbocycles. The molecule has 0 N–H and O–H groups in total. The molecule has 30 heavy (non-hydrogen) atoms. The first-order chi connectivity index (χ1) is 13.8. The minimum absolute atomic E-state index is 0.0428. The molecule has 0 aliphatic carbocycles. The minimum Gasteiger partial charge on any atom is -0.464 e. The second-order valence-electron chi connectivity index (χ2n) is 8.48. The molecular formula is C20H26N2O7S. The van der Waals surface area contributed by atoms with Crippen LogP contribution < -0.4 is 0 Å². The molecule has 1 aromatic rings. The van der Waals surface area contributed by atoms with Crippen LogP contribution in [0, 0.1) is 6.92 Å². The SMILES string of the molecule is CCOC(=O)[C@H]1C[C@]2(CN2S(=O)(=O)c2ccc(C)cc2)C(=O)N1C(=O)OC(C)(C)C. The smallest absolute Gasteiger partial charge is 0.417 e. The summed E-state index contributed by atoms with van der Waals surface area (Å²) >= 11 is 0. The fourth-order valence-corrected chi connectivity index (χ4v) is 5.24. The Hall–Kier alpha value is -2.46. The molecule has 9 nitrogen and oxygen atoms in total. The Kier molecular flexibility index (Phi) is 5.44. The average Bonchev–Trinajstić information content (AvgIpc) is 3.29. The van der Waals surface area contributed by atoms with Crippen molar-refractivity contribution in [1.82, 2.24) is 9.21 Å². The summed E-state index contributed by atoms with van der Waals surface area (Å²) in [7, 11) is -3.97. The Bertz CT molecular complexity index is 981. The van der Waals surface area contributed by atoms with E-state index in [9.17, 15) is 22.8 Å². The van der Waals surface area contributed by atoms with E-state index >= 15 is 0 Å². The van der Waals surface area contributed by atoms with Gasteiger partial charge in [0.2, 0.25) is 10.0 Å². The summed E-state index contributed by atoms with van der Waals surface area (Å²) < 4.78 is 37.4. The van der Waals surface area contributed by atoms with Gasteiger partial charge in [0.1, 0.15) is 17.2 Å². The van der Waals surface area contributed by atoms with E-state index in [2.05, 4.69) is 0 Å². The highest BCUT2D eigenvalue weighted by Crippen LogP contribution is 2.49. The summed E-state index contributed by atoms with van der Waals surface area (Å²) in [6.45, 7) is 8.27. The standard InChI is InChI=1S/C20H26N2O7S/c1-6-28-16(23)15-11-20(17(24)22(15)18(25)29-19(3,4)5)12-21(20)30(26,27)14-9-7-13(2)8-10-14/h7-10,15H,6,11-12H2,1-5H3/t15-,20+,21?/m1/s1. The molecule has 1 unspecified atom stereocenters. The lowest BCUT2D eigenvalue weighted by atomic mass is 10.1. The second-order valence-corrected chi connectivity index (χ2v) is 10.3. The van der Waals surface area contributed by atoms with Crippen molar-refractivity contribution < 1.29 is 32.3 Å². The van der Waals surface area contributed by atoms with Crippen molar-refractivity contribution in [2.45, 2.75) is 63.1 Å². The van der Waals surface area contributed by atoms with Gasteiger partial charge in [-0.1, -0.05) is 17.7 Å². The van der Waals surface area contributed by atoms with Gasteiger partial charge in [-0.15, -0.1) is 0 Å². The van der Waals surface area contributed by atoms with Crippen LogP contribution >= 0.6 is 0 Å². The third-order valence-corrected chi connectivity index (χ3v) is 6.92. The lowest BCUT2D eigenvalue weighted by Gasteiger charge is -2.26. The third kappa shape index (κ3) is 3.81. The molecule has 2 saturated heterocycles. The molecule has 0 radical (unpaired) electrons. The maximum absolute atomic E-state index is 13.2. The van der Waals surface area contributed by atoms with Crippen molar-refractivity contribution >= 4 is 28.0 Å². The summed E-state index contributed by atoms with van der Waals surface area (Å²) in [5.74, 6) is -1.54. The Labute approximate surface area is 176 Å². The number of carbonyl (C=O) groups is 3. The number of esters is 1. The van der Waals surface area contributed by atoms with E-state index in [-0.39, 0.29) is 24.5 Å². The Balaban J connectivity index is 1.93. The van der Waals surface area contributed by atoms with Gasteiger partial charge in [0, 0.05) is 13.0 Å². The van der Waals surface area contributed by atoms with E-state index in [4.69, 9.17) is 9.47 Å². The molecule has 2 aliphatic heterocycles. The van der Waals surface area contributed by atoms with Gasteiger partial charge >= 0.3 is 12.1 Å². The molecule has 3 rings (SSSR count). The molecule has 164 valence electrons. The van der Waals surface area contributed by atoms with Crippen molar-refractivity contribution in [3.05, 3.63) is 29.8 Å². The zero-order chi connectivity index (χ0) is 22.5. The number of ether oxygens (including phenoxy) is 2. The first-order valence-corrected chi connectivity index (χ1v) is 11.1. The topological polar surface area (TPSA) is 110 Å². The number of hydrogen-bond acceptors (Lipinski definition) is 7. The van der Waals surface area contributed by atoms with Crippen LogP contribution in [0.4, 0.5) is 4.79 Å². The number of imide groups is 1. The van der Waals surface area contributed by atoms with Crippen LogP contribution in [0.25, 0.3) is 0 Å². The normalized spacial score (nSPS) is 26.0. The Morgan fingerprint density at radius 2 is 1.80 bits per heavy atom. The van der Waals surface area contributed by atoms with Crippen LogP contribution in [0.1, 0.15) is 39.7 Å². The predicted molar refractivity (Wildman–Crippen MR) is 106 cm³/mol. The fraction of sp³-hybridized carbons (Fsp3) is 0.550. The highest BCUT2D eigenvalue weighted by molar-refractivity contribution is 7.89. The van der Waals surface area contributed by atoms with Crippen molar-refractivity contribution in [3.63, 3.8) is 0 Å². The lowest BCUT2D eigenvalue weighted by Crippen LogP contribution is -2.47. The van der Waals surface area contributed by atoms with Gasteiger partial charge in [0.15, 0.2) is 0 Å².